The molecule has 1 rings (SSSR count). The Morgan fingerprint density at radius 3 is 2.80 bits per heavy atom. The number of carbonyl (C=O) groups is 1. The molecule has 0 spiro atoms. The lowest BCUT2D eigenvalue weighted by Crippen LogP contribution is -2.24. The largest absolute Gasteiger partial charge is 0.509 e. The van der Waals surface area contributed by atoms with Gasteiger partial charge in [-0.1, -0.05) is 5.92 Å². The zero-order valence-electron chi connectivity index (χ0n) is 8.00. The topological polar surface area (TPSA) is 78.9 Å². The van der Waals surface area contributed by atoms with Gasteiger partial charge in [0.15, 0.2) is 6.10 Å². The fraction of sp³-hybridized carbons (Fsp3) is 0.625. The molecule has 0 aromatic rings. The molecule has 1 fully saturated rings. The quantitative estimate of drug-likeness (QED) is 0.377. The third-order valence-corrected chi connectivity index (χ3v) is 2.87. The first-order chi connectivity index (χ1) is 6.93. The molecule has 84 valence electrons. The molecule has 0 saturated carbocycles. The summed E-state index contributed by atoms with van der Waals surface area (Å²) in [6, 6.07) is 0. The van der Waals surface area contributed by atoms with Crippen LogP contribution in [0.25, 0.3) is 0 Å². The molecular weight excluding hydrogens is 224 g/mol. The van der Waals surface area contributed by atoms with E-state index >= 15 is 0 Å². The molecule has 7 heteroatoms. The minimum atomic E-state index is -3.55. The van der Waals surface area contributed by atoms with E-state index in [0.29, 0.717) is 0 Å². The molecule has 0 aromatic carbocycles. The van der Waals surface area contributed by atoms with Crippen LogP contribution in [0, 0.1) is 12.3 Å². The summed E-state index contributed by atoms with van der Waals surface area (Å²) < 4.78 is 35.3. The summed E-state index contributed by atoms with van der Waals surface area (Å²) in [5.41, 5.74) is 0. The summed E-state index contributed by atoms with van der Waals surface area (Å²) in [6.07, 6.45) is 2.44. The van der Waals surface area contributed by atoms with Gasteiger partial charge in [-0.2, -0.15) is 8.42 Å². The molecule has 0 N–H and O–H groups in total. The van der Waals surface area contributed by atoms with E-state index < -0.39 is 28.5 Å². The highest BCUT2D eigenvalue weighted by atomic mass is 32.2. The lowest BCUT2D eigenvalue weighted by atomic mass is 10.4. The van der Waals surface area contributed by atoms with E-state index in [0.717, 1.165) is 0 Å². The number of rotatable bonds is 2. The number of ether oxygens (including phenoxy) is 2. The SMILES string of the molecule is C#CC(C)OC(=O)OC1COS(=O)(=O)C1. The third kappa shape index (κ3) is 3.77. The van der Waals surface area contributed by atoms with Crippen molar-refractivity contribution in [2.24, 2.45) is 0 Å². The molecule has 1 saturated heterocycles. The predicted octanol–water partition coefficient (Wildman–Crippen LogP) is -0.110. The Bertz CT molecular complexity index is 378. The minimum Gasteiger partial charge on any atom is -0.427 e. The average Bonchev–Trinajstić information content (AvgIpc) is 2.44. The summed E-state index contributed by atoms with van der Waals surface area (Å²) in [5.74, 6) is 1.81. The van der Waals surface area contributed by atoms with Crippen LogP contribution in [-0.4, -0.2) is 39.1 Å². The van der Waals surface area contributed by atoms with Gasteiger partial charge in [0.25, 0.3) is 10.1 Å². The average molecular weight is 234 g/mol. The second-order valence-electron chi connectivity index (χ2n) is 2.93. The van der Waals surface area contributed by atoms with Crippen molar-refractivity contribution in [1.29, 1.82) is 0 Å². The van der Waals surface area contributed by atoms with Crippen molar-refractivity contribution in [1.82, 2.24) is 0 Å². The van der Waals surface area contributed by atoms with Crippen LogP contribution in [0.4, 0.5) is 4.79 Å². The predicted molar refractivity (Wildman–Crippen MR) is 49.4 cm³/mol. The van der Waals surface area contributed by atoms with Gasteiger partial charge < -0.3 is 9.47 Å². The molecule has 0 amide bonds. The maximum Gasteiger partial charge on any atom is 0.509 e. The van der Waals surface area contributed by atoms with Crippen molar-refractivity contribution in [3.05, 3.63) is 0 Å². The zero-order chi connectivity index (χ0) is 11.5. The van der Waals surface area contributed by atoms with Gasteiger partial charge >= 0.3 is 6.16 Å². The molecule has 0 radical (unpaired) electrons. The highest BCUT2D eigenvalue weighted by Crippen LogP contribution is 2.12. The Morgan fingerprint density at radius 2 is 2.33 bits per heavy atom. The number of hydrogen-bond donors (Lipinski definition) is 0. The van der Waals surface area contributed by atoms with Crippen LogP contribution >= 0.6 is 0 Å². The first kappa shape index (κ1) is 11.8. The van der Waals surface area contributed by atoms with E-state index in [1.165, 1.54) is 6.92 Å². The van der Waals surface area contributed by atoms with Crippen LogP contribution in [0.5, 0.6) is 0 Å². The van der Waals surface area contributed by atoms with Gasteiger partial charge in [-0.25, -0.2) is 4.79 Å². The van der Waals surface area contributed by atoms with Crippen molar-refractivity contribution in [2.75, 3.05) is 12.4 Å². The molecular formula is C8H10O6S. The smallest absolute Gasteiger partial charge is 0.427 e. The second kappa shape index (κ2) is 4.51. The zero-order valence-corrected chi connectivity index (χ0v) is 8.82. The minimum absolute atomic E-state index is 0.179. The van der Waals surface area contributed by atoms with E-state index in [-0.39, 0.29) is 12.4 Å². The molecule has 1 aliphatic rings. The monoisotopic (exact) mass is 234 g/mol. The normalized spacial score (nSPS) is 25.2. The lowest BCUT2D eigenvalue weighted by molar-refractivity contribution is 0.0152. The van der Waals surface area contributed by atoms with Crippen molar-refractivity contribution < 1.29 is 26.9 Å². The van der Waals surface area contributed by atoms with Gasteiger partial charge in [0.2, 0.25) is 0 Å². The van der Waals surface area contributed by atoms with E-state index in [9.17, 15) is 13.2 Å². The van der Waals surface area contributed by atoms with Crippen LogP contribution in [0.2, 0.25) is 0 Å². The second-order valence-corrected chi connectivity index (χ2v) is 4.61. The maximum absolute atomic E-state index is 11.0. The number of carbonyl (C=O) groups excluding carboxylic acids is 1. The first-order valence-corrected chi connectivity index (χ1v) is 5.71. The Balaban J connectivity index is 2.38. The molecule has 6 nitrogen and oxygen atoms in total. The van der Waals surface area contributed by atoms with Gasteiger partial charge in [0.05, 0.1) is 0 Å². The van der Waals surface area contributed by atoms with Crippen molar-refractivity contribution in [2.45, 2.75) is 19.1 Å². The number of hydrogen-bond acceptors (Lipinski definition) is 6. The van der Waals surface area contributed by atoms with Gasteiger partial charge in [0, 0.05) is 0 Å². The van der Waals surface area contributed by atoms with E-state index in [4.69, 9.17) is 6.42 Å². The summed E-state index contributed by atoms with van der Waals surface area (Å²) >= 11 is 0. The summed E-state index contributed by atoms with van der Waals surface area (Å²) in [5, 5.41) is 0. The fourth-order valence-electron chi connectivity index (χ4n) is 0.914. The molecule has 2 unspecified atom stereocenters. The van der Waals surface area contributed by atoms with E-state index in [2.05, 4.69) is 19.6 Å². The maximum atomic E-state index is 11.0. The van der Waals surface area contributed by atoms with Crippen LogP contribution in [-0.2, 0) is 23.8 Å². The molecule has 1 heterocycles. The summed E-state index contributed by atoms with van der Waals surface area (Å²) in [4.78, 5) is 11.0. The fourth-order valence-corrected chi connectivity index (χ4v) is 1.99. The van der Waals surface area contributed by atoms with Crippen molar-refractivity contribution in [3.8, 4) is 12.3 Å². The van der Waals surface area contributed by atoms with E-state index in [1.54, 1.807) is 0 Å². The molecule has 0 aliphatic carbocycles. The van der Waals surface area contributed by atoms with Gasteiger partial charge in [-0.3, -0.25) is 4.18 Å². The van der Waals surface area contributed by atoms with Crippen LogP contribution in [0.3, 0.4) is 0 Å². The summed E-state index contributed by atoms with van der Waals surface area (Å²) in [7, 11) is -3.55. The Kier molecular flexibility index (Phi) is 3.55. The highest BCUT2D eigenvalue weighted by molar-refractivity contribution is 7.87. The van der Waals surface area contributed by atoms with Crippen LogP contribution in [0.1, 0.15) is 6.92 Å². The molecule has 0 bridgehead atoms. The highest BCUT2D eigenvalue weighted by Gasteiger charge is 2.32. The molecule has 1 aliphatic heterocycles. The van der Waals surface area contributed by atoms with Crippen LogP contribution < -0.4 is 0 Å². The Labute approximate surface area is 87.6 Å². The van der Waals surface area contributed by atoms with Gasteiger partial charge in [-0.15, -0.1) is 6.42 Å². The third-order valence-electron chi connectivity index (χ3n) is 1.59. The molecule has 0 aromatic heterocycles. The van der Waals surface area contributed by atoms with Gasteiger partial charge in [-0.05, 0) is 6.92 Å². The van der Waals surface area contributed by atoms with Crippen molar-refractivity contribution >= 4 is 16.3 Å². The molecule has 2 atom stereocenters. The Hall–Kier alpha value is -1.26. The summed E-state index contributed by atoms with van der Waals surface area (Å²) in [6.45, 7) is 1.31. The molecule has 15 heavy (non-hydrogen) atoms. The lowest BCUT2D eigenvalue weighted by Gasteiger charge is -2.10. The van der Waals surface area contributed by atoms with Crippen LogP contribution in [0.15, 0.2) is 0 Å². The Morgan fingerprint density at radius 1 is 1.67 bits per heavy atom. The number of terminal acetylenes is 1. The first-order valence-electron chi connectivity index (χ1n) is 4.13. The van der Waals surface area contributed by atoms with Gasteiger partial charge in [0.1, 0.15) is 18.5 Å². The van der Waals surface area contributed by atoms with E-state index in [1.807, 2.05) is 0 Å². The van der Waals surface area contributed by atoms with Crippen molar-refractivity contribution in [3.63, 3.8) is 0 Å². The standard InChI is InChI=1S/C8H10O6S/c1-3-6(2)13-8(9)14-7-4-12-15(10,11)5-7/h1,6-7H,4-5H2,2H3.